The van der Waals surface area contributed by atoms with Gasteiger partial charge in [-0.25, -0.2) is 4.79 Å². The average Bonchev–Trinajstić information content (AvgIpc) is 3.04. The molecule has 0 heterocycles. The molecule has 0 saturated carbocycles. The number of carbonyl (C=O) groups is 1. The molecule has 0 fully saturated rings. The first kappa shape index (κ1) is 19.9. The van der Waals surface area contributed by atoms with E-state index in [4.69, 9.17) is 18.9 Å². The summed E-state index contributed by atoms with van der Waals surface area (Å²) in [4.78, 5) is 11.6. The number of esters is 1. The van der Waals surface area contributed by atoms with Crippen LogP contribution in [0.4, 0.5) is 13.2 Å². The van der Waals surface area contributed by atoms with Crippen LogP contribution < -0.4 is 14.2 Å². The molecule has 0 unspecified atom stereocenters. The lowest BCUT2D eigenvalue weighted by Crippen LogP contribution is -2.28. The Morgan fingerprint density at radius 1 is 0.964 bits per heavy atom. The van der Waals surface area contributed by atoms with Crippen LogP contribution in [0.1, 0.15) is 28.7 Å². The van der Waals surface area contributed by atoms with Crippen molar-refractivity contribution in [2.24, 2.45) is 0 Å². The number of ether oxygens (including phenoxy) is 4. The first-order chi connectivity index (χ1) is 13.3. The van der Waals surface area contributed by atoms with Crippen molar-refractivity contribution in [1.29, 1.82) is 0 Å². The van der Waals surface area contributed by atoms with E-state index in [2.05, 4.69) is 0 Å². The molecule has 1 aliphatic carbocycles. The van der Waals surface area contributed by atoms with E-state index in [0.29, 0.717) is 34.8 Å². The van der Waals surface area contributed by atoms with Crippen LogP contribution in [0.25, 0.3) is 0 Å². The Bertz CT molecular complexity index is 861. The Kier molecular flexibility index (Phi) is 5.40. The van der Waals surface area contributed by atoms with E-state index in [1.54, 1.807) is 36.4 Å². The SMILES string of the molecule is COc1ccc([C@@H]2Cc3c(OC)cc(OC)cc3[C@H]2OC(=O)C(F)(F)F)cc1. The lowest BCUT2D eigenvalue weighted by molar-refractivity contribution is -0.206. The van der Waals surface area contributed by atoms with Gasteiger partial charge in [-0.15, -0.1) is 0 Å². The van der Waals surface area contributed by atoms with Gasteiger partial charge in [0.2, 0.25) is 0 Å². The number of carbonyl (C=O) groups excluding carboxylic acids is 1. The van der Waals surface area contributed by atoms with Gasteiger partial charge in [-0.05, 0) is 30.2 Å². The summed E-state index contributed by atoms with van der Waals surface area (Å²) in [5.41, 5.74) is 1.84. The van der Waals surface area contributed by atoms with Gasteiger partial charge in [-0.2, -0.15) is 13.2 Å². The summed E-state index contributed by atoms with van der Waals surface area (Å²) in [7, 11) is 4.42. The van der Waals surface area contributed by atoms with E-state index in [1.807, 2.05) is 0 Å². The summed E-state index contributed by atoms with van der Waals surface area (Å²) in [6.45, 7) is 0. The largest absolute Gasteiger partial charge is 0.497 e. The zero-order valence-electron chi connectivity index (χ0n) is 15.5. The molecule has 0 N–H and O–H groups in total. The van der Waals surface area contributed by atoms with E-state index < -0.39 is 24.2 Å². The third kappa shape index (κ3) is 3.72. The van der Waals surface area contributed by atoms with Crippen molar-refractivity contribution in [2.45, 2.75) is 24.6 Å². The fourth-order valence-electron chi connectivity index (χ4n) is 3.43. The Morgan fingerprint density at radius 2 is 1.61 bits per heavy atom. The summed E-state index contributed by atoms with van der Waals surface area (Å²) in [5, 5.41) is 0. The van der Waals surface area contributed by atoms with Gasteiger partial charge in [0.05, 0.1) is 21.3 Å². The van der Waals surface area contributed by atoms with E-state index in [9.17, 15) is 18.0 Å². The smallest absolute Gasteiger partial charge is 0.490 e. The third-order valence-corrected chi connectivity index (χ3v) is 4.78. The van der Waals surface area contributed by atoms with Gasteiger partial charge in [-0.1, -0.05) is 12.1 Å². The van der Waals surface area contributed by atoms with Crippen LogP contribution in [-0.4, -0.2) is 33.5 Å². The highest BCUT2D eigenvalue weighted by atomic mass is 19.4. The molecule has 0 amide bonds. The van der Waals surface area contributed by atoms with Gasteiger partial charge in [-0.3, -0.25) is 0 Å². The van der Waals surface area contributed by atoms with Gasteiger partial charge in [0.1, 0.15) is 23.4 Å². The summed E-state index contributed by atoms with van der Waals surface area (Å²) in [6, 6.07) is 10.1. The number of rotatable bonds is 5. The maximum atomic E-state index is 12.9. The van der Waals surface area contributed by atoms with Crippen LogP contribution in [0, 0.1) is 0 Å². The second-order valence-corrected chi connectivity index (χ2v) is 6.30. The summed E-state index contributed by atoms with van der Waals surface area (Å²) in [5.74, 6) is -1.25. The van der Waals surface area contributed by atoms with Crippen molar-refractivity contribution in [1.82, 2.24) is 0 Å². The molecule has 0 radical (unpaired) electrons. The zero-order valence-corrected chi connectivity index (χ0v) is 15.5. The normalized spacial score (nSPS) is 18.4. The molecular weight excluding hydrogens is 377 g/mol. The molecule has 0 bridgehead atoms. The highest BCUT2D eigenvalue weighted by molar-refractivity contribution is 5.76. The van der Waals surface area contributed by atoms with Gasteiger partial charge in [0.15, 0.2) is 0 Å². The molecule has 0 aromatic heterocycles. The summed E-state index contributed by atoms with van der Waals surface area (Å²) >= 11 is 0. The number of hydrogen-bond acceptors (Lipinski definition) is 5. The van der Waals surface area contributed by atoms with E-state index in [1.165, 1.54) is 21.3 Å². The van der Waals surface area contributed by atoms with E-state index in [0.717, 1.165) is 5.56 Å². The van der Waals surface area contributed by atoms with Crippen LogP contribution in [0.3, 0.4) is 0 Å². The number of benzene rings is 2. The molecule has 150 valence electrons. The standard InChI is InChI=1S/C20H19F3O5/c1-25-12-6-4-11(5-7-12)14-10-15-16(8-13(26-2)9-17(15)27-3)18(14)28-19(24)20(21,22)23/h4-9,14,18H,10H2,1-3H3/t14-,18-/m0/s1. The Labute approximate surface area is 160 Å². The van der Waals surface area contributed by atoms with Crippen molar-refractivity contribution in [3.63, 3.8) is 0 Å². The van der Waals surface area contributed by atoms with Crippen LogP contribution in [0.2, 0.25) is 0 Å². The molecular formula is C20H19F3O5. The molecule has 28 heavy (non-hydrogen) atoms. The molecule has 5 nitrogen and oxygen atoms in total. The number of halogens is 3. The Hall–Kier alpha value is -2.90. The molecule has 2 atom stereocenters. The molecule has 0 saturated heterocycles. The first-order valence-electron chi connectivity index (χ1n) is 8.45. The molecule has 0 aliphatic heterocycles. The fourth-order valence-corrected chi connectivity index (χ4v) is 3.43. The lowest BCUT2D eigenvalue weighted by Gasteiger charge is -2.22. The van der Waals surface area contributed by atoms with Gasteiger partial charge in [0, 0.05) is 23.1 Å². The third-order valence-electron chi connectivity index (χ3n) is 4.78. The molecule has 3 rings (SSSR count). The van der Waals surface area contributed by atoms with Crippen molar-refractivity contribution in [2.75, 3.05) is 21.3 Å². The van der Waals surface area contributed by atoms with Gasteiger partial charge in [0.25, 0.3) is 0 Å². The number of hydrogen-bond donors (Lipinski definition) is 0. The second-order valence-electron chi connectivity index (χ2n) is 6.30. The monoisotopic (exact) mass is 396 g/mol. The van der Waals surface area contributed by atoms with Crippen LogP contribution in [0.15, 0.2) is 36.4 Å². The zero-order chi connectivity index (χ0) is 20.5. The van der Waals surface area contributed by atoms with Crippen LogP contribution >= 0.6 is 0 Å². The van der Waals surface area contributed by atoms with Gasteiger partial charge >= 0.3 is 12.1 Å². The molecule has 2 aromatic rings. The maximum absolute atomic E-state index is 12.9. The predicted molar refractivity (Wildman–Crippen MR) is 93.9 cm³/mol. The topological polar surface area (TPSA) is 54.0 Å². The van der Waals surface area contributed by atoms with Crippen molar-refractivity contribution in [3.05, 3.63) is 53.1 Å². The average molecular weight is 396 g/mol. The minimum absolute atomic E-state index is 0.352. The Balaban J connectivity index is 2.06. The lowest BCUT2D eigenvalue weighted by atomic mass is 9.94. The number of fused-ring (bicyclic) bond motifs is 1. The minimum Gasteiger partial charge on any atom is -0.497 e. The second kappa shape index (κ2) is 7.61. The maximum Gasteiger partial charge on any atom is 0.490 e. The minimum atomic E-state index is -5.09. The van der Waals surface area contributed by atoms with Crippen molar-refractivity contribution in [3.8, 4) is 17.2 Å². The highest BCUT2D eigenvalue weighted by Crippen LogP contribution is 2.50. The van der Waals surface area contributed by atoms with E-state index in [-0.39, 0.29) is 0 Å². The van der Waals surface area contributed by atoms with Crippen molar-refractivity contribution >= 4 is 5.97 Å². The predicted octanol–water partition coefficient (Wildman–Crippen LogP) is 4.20. The van der Waals surface area contributed by atoms with E-state index >= 15 is 0 Å². The summed E-state index contributed by atoms with van der Waals surface area (Å²) in [6.07, 6.45) is -5.86. The molecule has 8 heteroatoms. The van der Waals surface area contributed by atoms with Crippen LogP contribution in [-0.2, 0) is 16.0 Å². The Morgan fingerprint density at radius 3 is 2.14 bits per heavy atom. The van der Waals surface area contributed by atoms with Gasteiger partial charge < -0.3 is 18.9 Å². The summed E-state index contributed by atoms with van der Waals surface area (Å²) < 4.78 is 59.2. The molecule has 1 aliphatic rings. The molecule has 0 spiro atoms. The number of methoxy groups -OCH3 is 3. The number of alkyl halides is 3. The quantitative estimate of drug-likeness (QED) is 0.709. The highest BCUT2D eigenvalue weighted by Gasteiger charge is 2.46. The van der Waals surface area contributed by atoms with Crippen LogP contribution in [0.5, 0.6) is 17.2 Å². The fraction of sp³-hybridized carbons (Fsp3) is 0.350. The first-order valence-corrected chi connectivity index (χ1v) is 8.45. The van der Waals surface area contributed by atoms with Crippen molar-refractivity contribution < 1.29 is 36.9 Å². The molecule has 2 aromatic carbocycles.